The summed E-state index contributed by atoms with van der Waals surface area (Å²) in [6.07, 6.45) is 0. The van der Waals surface area contributed by atoms with Gasteiger partial charge in [-0.3, -0.25) is 14.9 Å². The summed E-state index contributed by atoms with van der Waals surface area (Å²) in [7, 11) is 1.71. The highest BCUT2D eigenvalue weighted by atomic mass is 19.1. The van der Waals surface area contributed by atoms with Gasteiger partial charge in [-0.2, -0.15) is 0 Å². The number of hydrogen-bond donors (Lipinski definition) is 2. The number of hydrogen-bond acceptors (Lipinski definition) is 4. The second-order valence-corrected chi connectivity index (χ2v) is 3.74. The van der Waals surface area contributed by atoms with Crippen LogP contribution in [-0.2, 0) is 0 Å². The molecule has 0 saturated carbocycles. The molecule has 2 N–H and O–H groups in total. The van der Waals surface area contributed by atoms with Crippen molar-refractivity contribution in [2.24, 2.45) is 0 Å². The highest BCUT2D eigenvalue weighted by Crippen LogP contribution is 2.20. The van der Waals surface area contributed by atoms with E-state index in [0.717, 1.165) is 12.1 Å². The van der Waals surface area contributed by atoms with Gasteiger partial charge < -0.3 is 10.6 Å². The van der Waals surface area contributed by atoms with Crippen molar-refractivity contribution < 1.29 is 14.1 Å². The highest BCUT2D eigenvalue weighted by Gasteiger charge is 2.19. The Kier molecular flexibility index (Phi) is 4.73. The lowest BCUT2D eigenvalue weighted by molar-refractivity contribution is -0.385. The van der Waals surface area contributed by atoms with Crippen molar-refractivity contribution in [1.82, 2.24) is 10.6 Å². The molecule has 1 aromatic rings. The van der Waals surface area contributed by atoms with E-state index in [1.54, 1.807) is 7.05 Å². The molecule has 0 fully saturated rings. The topological polar surface area (TPSA) is 84.3 Å². The predicted molar refractivity (Wildman–Crippen MR) is 64.1 cm³/mol. The van der Waals surface area contributed by atoms with Gasteiger partial charge in [0, 0.05) is 25.2 Å². The molecule has 0 radical (unpaired) electrons. The zero-order valence-corrected chi connectivity index (χ0v) is 10.1. The van der Waals surface area contributed by atoms with Crippen LogP contribution in [0.25, 0.3) is 0 Å². The third kappa shape index (κ3) is 3.24. The summed E-state index contributed by atoms with van der Waals surface area (Å²) in [5.74, 6) is -1.39. The molecule has 98 valence electrons. The number of likely N-dealkylation sites (N-methyl/N-ethyl adjacent to an activating group) is 1. The van der Waals surface area contributed by atoms with Crippen molar-refractivity contribution in [3.8, 4) is 0 Å². The zero-order chi connectivity index (χ0) is 13.7. The molecule has 0 spiro atoms. The quantitative estimate of drug-likeness (QED) is 0.467. The van der Waals surface area contributed by atoms with Crippen LogP contribution in [0.15, 0.2) is 12.1 Å². The molecule has 1 rings (SSSR count). The van der Waals surface area contributed by atoms with Crippen LogP contribution in [0, 0.1) is 22.9 Å². The van der Waals surface area contributed by atoms with Gasteiger partial charge in [-0.15, -0.1) is 0 Å². The molecule has 0 aliphatic carbocycles. The van der Waals surface area contributed by atoms with Gasteiger partial charge in [0.25, 0.3) is 11.6 Å². The Balaban J connectivity index is 2.99. The van der Waals surface area contributed by atoms with Gasteiger partial charge in [-0.05, 0) is 19.5 Å². The number of nitrogens with zero attached hydrogens (tertiary/aromatic N) is 1. The van der Waals surface area contributed by atoms with Crippen molar-refractivity contribution in [3.63, 3.8) is 0 Å². The van der Waals surface area contributed by atoms with Crippen LogP contribution in [0.1, 0.15) is 15.9 Å². The minimum absolute atomic E-state index is 0.0722. The third-order valence-corrected chi connectivity index (χ3v) is 2.36. The number of nitro benzene ring substituents is 1. The van der Waals surface area contributed by atoms with E-state index in [9.17, 15) is 19.3 Å². The van der Waals surface area contributed by atoms with E-state index in [1.807, 2.05) is 0 Å². The smallest absolute Gasteiger partial charge is 0.270 e. The summed E-state index contributed by atoms with van der Waals surface area (Å²) in [5.41, 5.74) is -0.534. The maximum Gasteiger partial charge on any atom is 0.270 e. The SMILES string of the molecule is CNCCNC(=O)c1cc([N+](=O)[O-])cc(C)c1F. The van der Waals surface area contributed by atoms with Gasteiger partial charge in [0.05, 0.1) is 10.5 Å². The summed E-state index contributed by atoms with van der Waals surface area (Å²) in [6, 6.07) is 2.04. The summed E-state index contributed by atoms with van der Waals surface area (Å²) in [4.78, 5) is 21.7. The van der Waals surface area contributed by atoms with E-state index in [1.165, 1.54) is 6.92 Å². The molecule has 0 atom stereocenters. The Bertz CT molecular complexity index is 477. The van der Waals surface area contributed by atoms with Gasteiger partial charge in [-0.1, -0.05) is 0 Å². The molecule has 6 nitrogen and oxygen atoms in total. The molecule has 0 unspecified atom stereocenters. The van der Waals surface area contributed by atoms with Gasteiger partial charge >= 0.3 is 0 Å². The molecule has 1 amide bonds. The first-order valence-corrected chi connectivity index (χ1v) is 5.34. The largest absolute Gasteiger partial charge is 0.351 e. The van der Waals surface area contributed by atoms with E-state index in [-0.39, 0.29) is 16.8 Å². The third-order valence-electron chi connectivity index (χ3n) is 2.36. The zero-order valence-electron chi connectivity index (χ0n) is 10.1. The van der Waals surface area contributed by atoms with Crippen LogP contribution in [0.2, 0.25) is 0 Å². The lowest BCUT2D eigenvalue weighted by atomic mass is 10.1. The second-order valence-electron chi connectivity index (χ2n) is 3.74. The standard InChI is InChI=1S/C11H14FN3O3/c1-7-5-8(15(17)18)6-9(10(7)12)11(16)14-4-3-13-2/h5-6,13H,3-4H2,1-2H3,(H,14,16). The molecule has 7 heteroatoms. The van der Waals surface area contributed by atoms with Gasteiger partial charge in [0.15, 0.2) is 0 Å². The molecule has 0 heterocycles. The Hall–Kier alpha value is -2.02. The number of rotatable bonds is 5. The lowest BCUT2D eigenvalue weighted by Gasteiger charge is -2.07. The average molecular weight is 255 g/mol. The number of carbonyl (C=O) groups excluding carboxylic acids is 1. The van der Waals surface area contributed by atoms with E-state index in [4.69, 9.17) is 0 Å². The van der Waals surface area contributed by atoms with Crippen LogP contribution < -0.4 is 10.6 Å². The van der Waals surface area contributed by atoms with Crippen LogP contribution in [0.5, 0.6) is 0 Å². The van der Waals surface area contributed by atoms with E-state index in [2.05, 4.69) is 10.6 Å². The number of amides is 1. The highest BCUT2D eigenvalue weighted by molar-refractivity contribution is 5.95. The molecule has 18 heavy (non-hydrogen) atoms. The molecule has 0 aromatic heterocycles. The molecule has 1 aromatic carbocycles. The van der Waals surface area contributed by atoms with Gasteiger partial charge in [0.1, 0.15) is 5.82 Å². The fraction of sp³-hybridized carbons (Fsp3) is 0.364. The maximum atomic E-state index is 13.7. The molecule has 0 aliphatic rings. The predicted octanol–water partition coefficient (Wildman–Crippen LogP) is 0.992. The van der Waals surface area contributed by atoms with Crippen LogP contribution in [0.4, 0.5) is 10.1 Å². The van der Waals surface area contributed by atoms with Crippen LogP contribution in [0.3, 0.4) is 0 Å². The van der Waals surface area contributed by atoms with Crippen LogP contribution in [-0.4, -0.2) is 31.0 Å². The summed E-state index contributed by atoms with van der Waals surface area (Å²) < 4.78 is 13.7. The second kappa shape index (κ2) is 6.06. The van der Waals surface area contributed by atoms with Crippen molar-refractivity contribution >= 4 is 11.6 Å². The van der Waals surface area contributed by atoms with Crippen molar-refractivity contribution in [2.75, 3.05) is 20.1 Å². The Morgan fingerprint density at radius 1 is 1.44 bits per heavy atom. The Morgan fingerprint density at radius 2 is 2.11 bits per heavy atom. The number of non-ortho nitro benzene ring substituents is 1. The molecular weight excluding hydrogens is 241 g/mol. The van der Waals surface area contributed by atoms with Gasteiger partial charge in [-0.25, -0.2) is 4.39 Å². The first-order chi connectivity index (χ1) is 8.47. The number of nitrogens with one attached hydrogen (secondary N) is 2. The fourth-order valence-corrected chi connectivity index (χ4v) is 1.42. The average Bonchev–Trinajstić information content (AvgIpc) is 2.32. The number of nitro groups is 1. The van der Waals surface area contributed by atoms with Crippen molar-refractivity contribution in [3.05, 3.63) is 39.2 Å². The monoisotopic (exact) mass is 255 g/mol. The van der Waals surface area contributed by atoms with E-state index >= 15 is 0 Å². The minimum Gasteiger partial charge on any atom is -0.351 e. The van der Waals surface area contributed by atoms with Crippen molar-refractivity contribution in [2.45, 2.75) is 6.92 Å². The fourth-order valence-electron chi connectivity index (χ4n) is 1.42. The normalized spacial score (nSPS) is 10.2. The van der Waals surface area contributed by atoms with Gasteiger partial charge in [0.2, 0.25) is 0 Å². The van der Waals surface area contributed by atoms with E-state index < -0.39 is 16.6 Å². The lowest BCUT2D eigenvalue weighted by Crippen LogP contribution is -2.31. The number of aryl methyl sites for hydroxylation is 1. The molecular formula is C11H14FN3O3. The Labute approximate surface area is 103 Å². The van der Waals surface area contributed by atoms with E-state index in [0.29, 0.717) is 13.1 Å². The number of benzene rings is 1. The van der Waals surface area contributed by atoms with Crippen molar-refractivity contribution in [1.29, 1.82) is 0 Å². The molecule has 0 aliphatic heterocycles. The maximum absolute atomic E-state index is 13.7. The number of carbonyl (C=O) groups is 1. The minimum atomic E-state index is -0.734. The molecule has 0 bridgehead atoms. The summed E-state index contributed by atoms with van der Waals surface area (Å²) in [5, 5.41) is 15.9. The first-order valence-electron chi connectivity index (χ1n) is 5.34. The Morgan fingerprint density at radius 3 is 2.67 bits per heavy atom. The molecule has 0 saturated heterocycles. The number of halogens is 1. The van der Waals surface area contributed by atoms with Crippen LogP contribution >= 0.6 is 0 Å². The first kappa shape index (κ1) is 14.0. The summed E-state index contributed by atoms with van der Waals surface area (Å²) >= 11 is 0. The summed E-state index contributed by atoms with van der Waals surface area (Å²) in [6.45, 7) is 2.23.